The number of carbonyl (C=O) groups is 1. The van der Waals surface area contributed by atoms with E-state index >= 15 is 0 Å². The van der Waals surface area contributed by atoms with E-state index in [1.807, 2.05) is 13.0 Å². The van der Waals surface area contributed by atoms with Gasteiger partial charge in [-0.25, -0.2) is 9.18 Å². The Morgan fingerprint density at radius 2 is 2.12 bits per heavy atom. The van der Waals surface area contributed by atoms with Crippen molar-refractivity contribution in [1.29, 1.82) is 0 Å². The van der Waals surface area contributed by atoms with Gasteiger partial charge in [-0.1, -0.05) is 25.1 Å². The summed E-state index contributed by atoms with van der Waals surface area (Å²) in [7, 11) is 0. The summed E-state index contributed by atoms with van der Waals surface area (Å²) >= 11 is 0. The highest BCUT2D eigenvalue weighted by Crippen LogP contribution is 2.49. The zero-order valence-corrected chi connectivity index (χ0v) is 9.28. The van der Waals surface area contributed by atoms with Gasteiger partial charge in [-0.05, 0) is 24.5 Å². The van der Waals surface area contributed by atoms with Crippen LogP contribution in [-0.4, -0.2) is 18.2 Å². The van der Waals surface area contributed by atoms with Gasteiger partial charge in [-0.15, -0.1) is 0 Å². The molecule has 0 radical (unpaired) electrons. The topological polar surface area (TPSA) is 26.3 Å². The van der Waals surface area contributed by atoms with E-state index in [9.17, 15) is 9.18 Å². The Hall–Kier alpha value is -1.38. The predicted molar refractivity (Wildman–Crippen MR) is 59.0 cm³/mol. The summed E-state index contributed by atoms with van der Waals surface area (Å²) in [6.07, 6.45) is 0.905. The van der Waals surface area contributed by atoms with E-state index in [2.05, 4.69) is 0 Å². The molecular formula is C13H15FO2. The number of hydrogen-bond acceptors (Lipinski definition) is 2. The maximum absolute atomic E-state index is 13.6. The number of halogens is 1. The van der Waals surface area contributed by atoms with Crippen LogP contribution in [0.3, 0.4) is 0 Å². The van der Waals surface area contributed by atoms with E-state index in [4.69, 9.17) is 4.74 Å². The van der Waals surface area contributed by atoms with Crippen LogP contribution in [0.25, 0.3) is 0 Å². The maximum Gasteiger partial charge on any atom is 0.338 e. The fraction of sp³-hybridized carbons (Fsp3) is 0.462. The number of alkyl halides is 1. The van der Waals surface area contributed by atoms with Gasteiger partial charge in [0.25, 0.3) is 0 Å². The molecule has 1 aliphatic carbocycles. The molecule has 1 aromatic carbocycles. The minimum atomic E-state index is -1.09. The molecule has 1 aliphatic rings. The first-order valence-corrected chi connectivity index (χ1v) is 5.53. The lowest BCUT2D eigenvalue weighted by molar-refractivity contribution is 0.0460. The predicted octanol–water partition coefficient (Wildman–Crippen LogP) is 2.98. The first kappa shape index (κ1) is 11.1. The number of hydrogen-bond donors (Lipinski definition) is 0. The van der Waals surface area contributed by atoms with Crippen molar-refractivity contribution < 1.29 is 13.9 Å². The van der Waals surface area contributed by atoms with Gasteiger partial charge in [-0.3, -0.25) is 0 Å². The molecule has 2 nitrogen and oxygen atoms in total. The number of rotatable bonds is 4. The lowest BCUT2D eigenvalue weighted by atomic mass is 10.2. The molecule has 1 aromatic rings. The molecule has 16 heavy (non-hydrogen) atoms. The van der Waals surface area contributed by atoms with E-state index in [1.54, 1.807) is 24.3 Å². The van der Waals surface area contributed by atoms with Crippen molar-refractivity contribution in [3.05, 3.63) is 35.9 Å². The van der Waals surface area contributed by atoms with Crippen molar-refractivity contribution in [2.45, 2.75) is 25.4 Å². The van der Waals surface area contributed by atoms with Crippen molar-refractivity contribution in [2.75, 3.05) is 6.61 Å². The van der Waals surface area contributed by atoms with Gasteiger partial charge >= 0.3 is 5.97 Å². The van der Waals surface area contributed by atoms with Crippen LogP contribution in [0.5, 0.6) is 0 Å². The minimum Gasteiger partial charge on any atom is -0.462 e. The van der Waals surface area contributed by atoms with Gasteiger partial charge in [0.15, 0.2) is 0 Å². The van der Waals surface area contributed by atoms with Crippen LogP contribution in [0.4, 0.5) is 4.39 Å². The molecule has 0 unspecified atom stereocenters. The average molecular weight is 222 g/mol. The van der Waals surface area contributed by atoms with E-state index in [-0.39, 0.29) is 18.5 Å². The monoisotopic (exact) mass is 222 g/mol. The molecule has 3 heteroatoms. The first-order chi connectivity index (χ1) is 7.62. The molecule has 1 saturated carbocycles. The third-order valence-corrected chi connectivity index (χ3v) is 3.13. The van der Waals surface area contributed by atoms with Gasteiger partial charge in [0, 0.05) is 6.42 Å². The highest BCUT2D eigenvalue weighted by molar-refractivity contribution is 5.89. The van der Waals surface area contributed by atoms with Crippen LogP contribution >= 0.6 is 0 Å². The van der Waals surface area contributed by atoms with Crippen molar-refractivity contribution in [1.82, 2.24) is 0 Å². The van der Waals surface area contributed by atoms with Crippen molar-refractivity contribution in [3.63, 3.8) is 0 Å². The highest BCUT2D eigenvalue weighted by Gasteiger charge is 2.51. The van der Waals surface area contributed by atoms with Crippen LogP contribution in [0, 0.1) is 5.92 Å². The Morgan fingerprint density at radius 3 is 2.69 bits per heavy atom. The molecule has 0 saturated heterocycles. The molecule has 1 fully saturated rings. The standard InChI is InChI=1S/C13H15FO2/c1-10-9-13(10,14)7-8-16-12(15)11-5-3-2-4-6-11/h2-6,10H,7-9H2,1H3/t10-,13+/m1/s1. The molecule has 86 valence electrons. The number of benzene rings is 1. The molecular weight excluding hydrogens is 207 g/mol. The normalized spacial score (nSPS) is 27.5. The highest BCUT2D eigenvalue weighted by atomic mass is 19.1. The Kier molecular flexibility index (Phi) is 2.95. The SMILES string of the molecule is C[C@@H]1C[C@@]1(F)CCOC(=O)c1ccccc1. The Morgan fingerprint density at radius 1 is 1.50 bits per heavy atom. The molecule has 0 amide bonds. The molecule has 2 rings (SSSR count). The zero-order valence-electron chi connectivity index (χ0n) is 9.28. The molecule has 0 aliphatic heterocycles. The summed E-state index contributed by atoms with van der Waals surface area (Å²) in [4.78, 5) is 11.5. The second-order valence-electron chi connectivity index (χ2n) is 4.39. The fourth-order valence-electron chi connectivity index (χ4n) is 1.77. The van der Waals surface area contributed by atoms with Crippen LogP contribution in [0.15, 0.2) is 30.3 Å². The van der Waals surface area contributed by atoms with Crippen LogP contribution in [0.2, 0.25) is 0 Å². The Labute approximate surface area is 94.4 Å². The lowest BCUT2D eigenvalue weighted by Crippen LogP contribution is -2.12. The second kappa shape index (κ2) is 4.24. The number of carbonyl (C=O) groups excluding carboxylic acids is 1. The fourth-order valence-corrected chi connectivity index (χ4v) is 1.77. The quantitative estimate of drug-likeness (QED) is 0.732. The molecule has 0 N–H and O–H groups in total. The third kappa shape index (κ3) is 2.40. The summed E-state index contributed by atoms with van der Waals surface area (Å²) < 4.78 is 18.6. The molecule has 2 atom stereocenters. The minimum absolute atomic E-state index is 0.114. The molecule has 0 heterocycles. The average Bonchev–Trinajstić information content (AvgIpc) is 2.88. The van der Waals surface area contributed by atoms with Crippen molar-refractivity contribution in [2.24, 2.45) is 5.92 Å². The molecule has 0 bridgehead atoms. The lowest BCUT2D eigenvalue weighted by Gasteiger charge is -2.07. The van der Waals surface area contributed by atoms with Crippen molar-refractivity contribution >= 4 is 5.97 Å². The van der Waals surface area contributed by atoms with Gasteiger partial charge in [0.05, 0.1) is 12.2 Å². The largest absolute Gasteiger partial charge is 0.462 e. The van der Waals surface area contributed by atoms with Crippen LogP contribution in [-0.2, 0) is 4.74 Å². The Bertz CT molecular complexity index is 377. The van der Waals surface area contributed by atoms with E-state index in [1.165, 1.54) is 0 Å². The summed E-state index contributed by atoms with van der Waals surface area (Å²) in [6.45, 7) is 2.04. The third-order valence-electron chi connectivity index (χ3n) is 3.13. The van der Waals surface area contributed by atoms with Crippen LogP contribution < -0.4 is 0 Å². The Balaban J connectivity index is 1.77. The van der Waals surface area contributed by atoms with Crippen LogP contribution in [0.1, 0.15) is 30.1 Å². The zero-order chi connectivity index (χ0) is 11.6. The van der Waals surface area contributed by atoms with E-state index in [0.717, 1.165) is 0 Å². The maximum atomic E-state index is 13.6. The second-order valence-corrected chi connectivity index (χ2v) is 4.39. The molecule has 0 aromatic heterocycles. The summed E-state index contributed by atoms with van der Waals surface area (Å²) in [5.41, 5.74) is -0.573. The van der Waals surface area contributed by atoms with Gasteiger partial charge < -0.3 is 4.74 Å². The first-order valence-electron chi connectivity index (χ1n) is 5.53. The summed E-state index contributed by atoms with van der Waals surface area (Å²) in [5.74, 6) is -0.263. The smallest absolute Gasteiger partial charge is 0.338 e. The van der Waals surface area contributed by atoms with Gasteiger partial charge in [0.2, 0.25) is 0 Å². The number of ether oxygens (including phenoxy) is 1. The van der Waals surface area contributed by atoms with E-state index in [0.29, 0.717) is 18.4 Å². The van der Waals surface area contributed by atoms with Crippen molar-refractivity contribution in [3.8, 4) is 0 Å². The summed E-state index contributed by atoms with van der Waals surface area (Å²) in [6, 6.07) is 8.76. The number of esters is 1. The van der Waals surface area contributed by atoms with Gasteiger partial charge in [0.1, 0.15) is 5.67 Å². The van der Waals surface area contributed by atoms with E-state index < -0.39 is 5.67 Å². The van der Waals surface area contributed by atoms with Gasteiger partial charge in [-0.2, -0.15) is 0 Å². The molecule has 0 spiro atoms. The summed E-state index contributed by atoms with van der Waals surface area (Å²) in [5, 5.41) is 0.